The van der Waals surface area contributed by atoms with E-state index in [4.69, 9.17) is 0 Å². The summed E-state index contributed by atoms with van der Waals surface area (Å²) < 4.78 is 0. The molecule has 1 unspecified atom stereocenters. The fourth-order valence-corrected chi connectivity index (χ4v) is 11.1. The van der Waals surface area contributed by atoms with Gasteiger partial charge in [-0.1, -0.05) is 104 Å². The van der Waals surface area contributed by atoms with Gasteiger partial charge >= 0.3 is 0 Å². The number of rotatable bonds is 3. The van der Waals surface area contributed by atoms with Crippen LogP contribution in [0.15, 0.2) is 72.8 Å². The number of benzene rings is 2. The maximum atomic E-state index is 2.54. The van der Waals surface area contributed by atoms with Crippen molar-refractivity contribution in [1.82, 2.24) is 0 Å². The largest absolute Gasteiger partial charge is 0.129 e. The zero-order valence-corrected chi connectivity index (χ0v) is 15.6. The molecule has 1 atom stereocenters. The van der Waals surface area contributed by atoms with E-state index in [1.54, 1.807) is 10.4 Å². The van der Waals surface area contributed by atoms with E-state index < -0.39 is 8.07 Å². The van der Waals surface area contributed by atoms with Crippen molar-refractivity contribution in [2.24, 2.45) is 0 Å². The smallest absolute Gasteiger partial charge is 0.0885 e. The summed E-state index contributed by atoms with van der Waals surface area (Å²) >= 11 is 0. The van der Waals surface area contributed by atoms with Crippen LogP contribution in [0.3, 0.4) is 0 Å². The molecular formula is C22H28Si. The number of hydrogen-bond acceptors (Lipinski definition) is 0. The van der Waals surface area contributed by atoms with E-state index in [2.05, 4.69) is 93.6 Å². The van der Waals surface area contributed by atoms with E-state index in [0.717, 1.165) is 0 Å². The van der Waals surface area contributed by atoms with Crippen LogP contribution in [0.2, 0.25) is 10.6 Å². The van der Waals surface area contributed by atoms with Gasteiger partial charge in [-0.15, -0.1) is 0 Å². The number of hydrogen-bond donors (Lipinski definition) is 0. The molecule has 0 nitrogen and oxygen atoms in total. The van der Waals surface area contributed by atoms with Gasteiger partial charge in [0.15, 0.2) is 0 Å². The molecule has 0 amide bonds. The number of allylic oxidation sites excluding steroid dienone is 2. The second-order valence-corrected chi connectivity index (χ2v) is 12.8. The standard InChI is InChI=1S/C22H28Si/c1-22(2,3)23(19-13-7-4-8-14-19,20-15-9-5-10-16-20)21-17-11-6-12-18-21/h4-5,7-11,13-17,21H,6,12,18H2,1-3H3. The van der Waals surface area contributed by atoms with E-state index in [9.17, 15) is 0 Å². The highest BCUT2D eigenvalue weighted by Gasteiger charge is 2.51. The lowest BCUT2D eigenvalue weighted by molar-refractivity contribution is 0.661. The fraction of sp³-hybridized carbons (Fsp3) is 0.364. The van der Waals surface area contributed by atoms with Crippen molar-refractivity contribution >= 4 is 18.4 Å². The minimum atomic E-state index is -1.94. The summed E-state index contributed by atoms with van der Waals surface area (Å²) in [7, 11) is -1.94. The maximum Gasteiger partial charge on any atom is 0.129 e. The first-order valence-electron chi connectivity index (χ1n) is 8.84. The molecule has 1 aliphatic carbocycles. The summed E-state index contributed by atoms with van der Waals surface area (Å²) in [6.07, 6.45) is 8.86. The van der Waals surface area contributed by atoms with E-state index in [-0.39, 0.29) is 5.04 Å². The quantitative estimate of drug-likeness (QED) is 0.541. The second-order valence-electron chi connectivity index (χ2n) is 7.76. The third-order valence-corrected chi connectivity index (χ3v) is 11.9. The van der Waals surface area contributed by atoms with Gasteiger partial charge in [-0.3, -0.25) is 0 Å². The molecule has 0 saturated carbocycles. The Bertz CT molecular complexity index is 610. The third kappa shape index (κ3) is 2.83. The Morgan fingerprint density at radius 2 is 1.35 bits per heavy atom. The SMILES string of the molecule is CC(C)(C)[Si](c1ccccc1)(c1ccccc1)C1C=CCCC1. The van der Waals surface area contributed by atoms with Gasteiger partial charge in [-0.25, -0.2) is 0 Å². The molecule has 3 rings (SSSR count). The van der Waals surface area contributed by atoms with E-state index >= 15 is 0 Å². The van der Waals surface area contributed by atoms with Gasteiger partial charge in [0, 0.05) is 0 Å². The van der Waals surface area contributed by atoms with Crippen molar-refractivity contribution in [3.05, 3.63) is 72.8 Å². The van der Waals surface area contributed by atoms with Gasteiger partial charge in [0.1, 0.15) is 8.07 Å². The van der Waals surface area contributed by atoms with Crippen LogP contribution in [0.4, 0.5) is 0 Å². The minimum Gasteiger partial charge on any atom is -0.0885 e. The van der Waals surface area contributed by atoms with Crippen molar-refractivity contribution in [3.63, 3.8) is 0 Å². The Balaban J connectivity index is 2.30. The Labute approximate surface area is 142 Å². The Kier molecular flexibility index (Phi) is 4.59. The molecule has 1 aliphatic rings. The molecule has 0 radical (unpaired) electrons. The van der Waals surface area contributed by atoms with Crippen LogP contribution in [0, 0.1) is 0 Å². The van der Waals surface area contributed by atoms with Gasteiger partial charge in [-0.05, 0) is 29.8 Å². The molecular weight excluding hydrogens is 292 g/mol. The normalized spacial score (nSPS) is 18.8. The summed E-state index contributed by atoms with van der Waals surface area (Å²) in [5.41, 5.74) is 0.682. The molecule has 0 fully saturated rings. The van der Waals surface area contributed by atoms with E-state index in [1.165, 1.54) is 19.3 Å². The second kappa shape index (κ2) is 6.49. The van der Waals surface area contributed by atoms with Crippen LogP contribution in [0.5, 0.6) is 0 Å². The lowest BCUT2D eigenvalue weighted by atomic mass is 10.1. The average Bonchev–Trinajstić information content (AvgIpc) is 2.57. The topological polar surface area (TPSA) is 0 Å². The van der Waals surface area contributed by atoms with Gasteiger partial charge in [0.2, 0.25) is 0 Å². The monoisotopic (exact) mass is 320 g/mol. The predicted octanol–water partition coefficient (Wildman–Crippen LogP) is 5.16. The van der Waals surface area contributed by atoms with Crippen LogP contribution in [0.25, 0.3) is 0 Å². The summed E-state index contributed by atoms with van der Waals surface area (Å²) in [5.74, 6) is 0. The van der Waals surface area contributed by atoms with Crippen molar-refractivity contribution in [2.75, 3.05) is 0 Å². The maximum absolute atomic E-state index is 2.54. The van der Waals surface area contributed by atoms with Gasteiger partial charge < -0.3 is 0 Å². The van der Waals surface area contributed by atoms with Crippen LogP contribution in [-0.4, -0.2) is 8.07 Å². The zero-order valence-electron chi connectivity index (χ0n) is 14.6. The van der Waals surface area contributed by atoms with Gasteiger partial charge in [-0.2, -0.15) is 0 Å². The average molecular weight is 321 g/mol. The molecule has 120 valence electrons. The molecule has 0 aliphatic heterocycles. The first-order chi connectivity index (χ1) is 11.1. The van der Waals surface area contributed by atoms with E-state index in [1.807, 2.05) is 0 Å². The van der Waals surface area contributed by atoms with Gasteiger partial charge in [0.25, 0.3) is 0 Å². The molecule has 1 heteroatoms. The molecule has 2 aromatic rings. The fourth-order valence-electron chi connectivity index (χ4n) is 4.59. The minimum absolute atomic E-state index is 0.266. The molecule has 23 heavy (non-hydrogen) atoms. The van der Waals surface area contributed by atoms with Gasteiger partial charge in [0.05, 0.1) is 0 Å². The lowest BCUT2D eigenvalue weighted by Crippen LogP contribution is -2.67. The molecule has 0 aromatic heterocycles. The van der Waals surface area contributed by atoms with Crippen LogP contribution >= 0.6 is 0 Å². The Morgan fingerprint density at radius 3 is 1.74 bits per heavy atom. The summed E-state index contributed by atoms with van der Waals surface area (Å²) in [4.78, 5) is 0. The highest BCUT2D eigenvalue weighted by molar-refractivity contribution is 7.05. The molecule has 0 bridgehead atoms. The van der Waals surface area contributed by atoms with Crippen molar-refractivity contribution in [2.45, 2.75) is 50.6 Å². The highest BCUT2D eigenvalue weighted by Crippen LogP contribution is 2.46. The summed E-state index contributed by atoms with van der Waals surface area (Å²) in [6, 6.07) is 22.7. The zero-order chi connectivity index (χ0) is 16.3. The summed E-state index contributed by atoms with van der Waals surface area (Å²) in [5, 5.41) is 3.42. The molecule has 0 saturated heterocycles. The van der Waals surface area contributed by atoms with Crippen LogP contribution < -0.4 is 10.4 Å². The summed E-state index contributed by atoms with van der Waals surface area (Å²) in [6.45, 7) is 7.38. The van der Waals surface area contributed by atoms with Crippen molar-refractivity contribution in [3.8, 4) is 0 Å². The molecule has 0 heterocycles. The predicted molar refractivity (Wildman–Crippen MR) is 104 cm³/mol. The van der Waals surface area contributed by atoms with Crippen LogP contribution in [0.1, 0.15) is 40.0 Å². The highest BCUT2D eigenvalue weighted by atomic mass is 28.3. The van der Waals surface area contributed by atoms with Crippen molar-refractivity contribution in [1.29, 1.82) is 0 Å². The van der Waals surface area contributed by atoms with Crippen LogP contribution in [-0.2, 0) is 0 Å². The Morgan fingerprint density at radius 1 is 0.826 bits per heavy atom. The van der Waals surface area contributed by atoms with E-state index in [0.29, 0.717) is 5.54 Å². The lowest BCUT2D eigenvalue weighted by Gasteiger charge is -2.49. The molecule has 0 spiro atoms. The molecule has 0 N–H and O–H groups in total. The first kappa shape index (κ1) is 16.3. The first-order valence-corrected chi connectivity index (χ1v) is 10.9. The van der Waals surface area contributed by atoms with Crippen molar-refractivity contribution < 1.29 is 0 Å². The molecule has 2 aromatic carbocycles. The Hall–Kier alpha value is -1.60. The third-order valence-electron chi connectivity index (χ3n) is 5.45.